The minimum absolute atomic E-state index is 0.0557. The summed E-state index contributed by atoms with van der Waals surface area (Å²) < 4.78 is 64.6. The third-order valence-electron chi connectivity index (χ3n) is 19.1. The van der Waals surface area contributed by atoms with Crippen LogP contribution in [0.5, 0.6) is 5.75 Å². The molecule has 9 heterocycles. The highest BCUT2D eigenvalue weighted by Gasteiger charge is 2.45. The fourth-order valence-electron chi connectivity index (χ4n) is 13.7. The number of carbonyl (C=O) groups excluding carboxylic acids is 4. The van der Waals surface area contributed by atoms with Crippen molar-refractivity contribution in [2.24, 2.45) is 50.3 Å². The van der Waals surface area contributed by atoms with Gasteiger partial charge in [0.15, 0.2) is 23.2 Å². The number of rotatable bonds is 15. The van der Waals surface area contributed by atoms with Crippen LogP contribution in [0, 0.1) is 17.8 Å². The first-order chi connectivity index (χ1) is 47.4. The van der Waals surface area contributed by atoms with Crippen LogP contribution in [0.3, 0.4) is 0 Å². The first kappa shape index (κ1) is 74.0. The summed E-state index contributed by atoms with van der Waals surface area (Å²) >= 11 is 9.64. The molecule has 13 rings (SSSR count). The molecule has 99 heavy (non-hydrogen) atoms. The predicted molar refractivity (Wildman–Crippen MR) is 378 cm³/mol. The number of fused-ring (bicyclic) bond motifs is 4. The lowest BCUT2D eigenvalue weighted by molar-refractivity contribution is 0.0131. The zero-order valence-corrected chi connectivity index (χ0v) is 61.3. The molecule has 4 aromatic heterocycles. The number of allylic oxidation sites excluding steroid dienone is 1. The van der Waals surface area contributed by atoms with E-state index in [9.17, 15) is 28.2 Å². The van der Waals surface area contributed by atoms with Gasteiger partial charge in [0.2, 0.25) is 0 Å². The lowest BCUT2D eigenvalue weighted by Gasteiger charge is -2.46. The van der Waals surface area contributed by atoms with E-state index in [1.807, 2.05) is 39.8 Å². The molecule has 1 saturated carbocycles. The molecule has 2 aliphatic carbocycles. The molecule has 536 valence electrons. The number of aromatic nitrogens is 8. The van der Waals surface area contributed by atoms with Gasteiger partial charge in [0.25, 0.3) is 5.91 Å². The lowest BCUT2D eigenvalue weighted by Crippen LogP contribution is -2.52. The Bertz CT molecular complexity index is 4050. The van der Waals surface area contributed by atoms with Crippen LogP contribution in [0.4, 0.5) is 23.1 Å². The van der Waals surface area contributed by atoms with E-state index in [4.69, 9.17) is 49.9 Å². The zero-order valence-electron chi connectivity index (χ0n) is 58.1. The van der Waals surface area contributed by atoms with Crippen molar-refractivity contribution in [3.05, 3.63) is 122 Å². The van der Waals surface area contributed by atoms with Crippen LogP contribution >= 0.6 is 27.5 Å². The standard InChI is InChI=1S/C42H52ClN5O6S.C11H17N3O3.C9H13N3O3.C7H9BrN2O2/c1-27-7-5-9-38(53-4)33-13-10-30(33)19-48-25-42(16-6-8-28-17-31(43)12-14-35(28)42)26-54-39-15-11-29(18-36(39)48)41(50)45-55(51,23-27)24-37(49)34-22-46(2)44-40(34)47-20-32(21-47)52-3;1-4-17-11(15)9-7-13(2)12-10(9)14-5-8(6-14)16-3;1-11-5-7(9(13)14)8(10-11)12-3-6(4-12)15-2;1-3-12-7(11)5-4-10(2)9-6(5)8/h5,9,11-12,14-15,17-18,22,27,30,32-33,38H,6-8,10,13,16,19-21,23-26H2,1-4H3;7-8H,4-6H2,1-3H3;5-6H,3-4H2,1-2H3,(H,13,14);4H,3H2,1-2H3/b9-5+;;;/t27-,30-,33+,38-,42-,55+;;;/m0.../s1. The maximum atomic E-state index is 14.9. The van der Waals surface area contributed by atoms with Crippen molar-refractivity contribution >= 4 is 90.0 Å². The van der Waals surface area contributed by atoms with Gasteiger partial charge >= 0.3 is 17.9 Å². The van der Waals surface area contributed by atoms with Crippen LogP contribution in [-0.4, -0.2) is 215 Å². The highest BCUT2D eigenvalue weighted by Crippen LogP contribution is 2.47. The summed E-state index contributed by atoms with van der Waals surface area (Å²) in [6.45, 7) is 12.5. The Kier molecular flexibility index (Phi) is 24.2. The van der Waals surface area contributed by atoms with E-state index in [-0.39, 0.29) is 70.5 Å². The zero-order chi connectivity index (χ0) is 71.0. The highest BCUT2D eigenvalue weighted by atomic mass is 79.9. The molecule has 2 bridgehead atoms. The second kappa shape index (κ2) is 32.3. The highest BCUT2D eigenvalue weighted by molar-refractivity contribution is 9.10. The van der Waals surface area contributed by atoms with Crippen molar-refractivity contribution in [1.82, 2.24) is 39.1 Å². The number of carboxylic acids is 1. The summed E-state index contributed by atoms with van der Waals surface area (Å²) in [5.41, 5.74) is 5.04. The molecule has 4 fully saturated rings. The number of aryl methyl sites for hydroxylation is 5. The quantitative estimate of drug-likeness (QED) is 0.0575. The third kappa shape index (κ3) is 17.2. The molecule has 5 aliphatic heterocycles. The molecule has 6 aromatic rings. The van der Waals surface area contributed by atoms with Crippen molar-refractivity contribution in [2.75, 3.05) is 132 Å². The molecule has 6 atom stereocenters. The average Bonchev–Trinajstić information content (AvgIpc) is 1.74. The Morgan fingerprint density at radius 1 is 0.707 bits per heavy atom. The number of aromatic carboxylic acids is 1. The van der Waals surface area contributed by atoms with Gasteiger partial charge in [0.1, 0.15) is 27.0 Å². The molecule has 1 amide bonds. The number of nitrogens with zero attached hydrogens (tertiary/aromatic N) is 13. The van der Waals surface area contributed by atoms with Crippen molar-refractivity contribution in [2.45, 2.75) is 89.1 Å². The summed E-state index contributed by atoms with van der Waals surface area (Å²) in [5, 5.41) is 26.6. The van der Waals surface area contributed by atoms with E-state index in [1.54, 1.807) is 109 Å². The molecular weight excluding hydrogens is 1380 g/mol. The first-order valence-electron chi connectivity index (χ1n) is 33.4. The number of hydrogen-bond acceptors (Lipinski definition) is 21. The number of hydrogen-bond donors (Lipinski definition) is 1. The van der Waals surface area contributed by atoms with Crippen molar-refractivity contribution in [3.63, 3.8) is 0 Å². The summed E-state index contributed by atoms with van der Waals surface area (Å²) in [6, 6.07) is 11.7. The topological polar surface area (TPSA) is 284 Å². The number of carboxylic acid groups (broad SMARTS) is 1. The molecule has 0 unspecified atom stereocenters. The van der Waals surface area contributed by atoms with Crippen LogP contribution in [0.15, 0.2) is 82.3 Å². The van der Waals surface area contributed by atoms with Gasteiger partial charge < -0.3 is 57.9 Å². The maximum absolute atomic E-state index is 14.9. The van der Waals surface area contributed by atoms with E-state index in [1.165, 1.54) is 22.0 Å². The Hall–Kier alpha value is -7.67. The maximum Gasteiger partial charge on any atom is 0.343 e. The largest absolute Gasteiger partial charge is 0.490 e. The van der Waals surface area contributed by atoms with E-state index in [0.717, 1.165) is 69.0 Å². The summed E-state index contributed by atoms with van der Waals surface area (Å²) in [4.78, 5) is 70.4. The number of benzene rings is 2. The molecule has 1 N–H and O–H groups in total. The summed E-state index contributed by atoms with van der Waals surface area (Å²) in [5.74, 6) is 0.220. The van der Waals surface area contributed by atoms with E-state index in [2.05, 4.69) is 69.9 Å². The number of ketones is 1. The number of methoxy groups -OCH3 is 4. The average molecular weight is 1470 g/mol. The fourth-order valence-corrected chi connectivity index (χ4v) is 16.6. The third-order valence-corrected chi connectivity index (χ3v) is 22.2. The number of carbonyl (C=O) groups is 5. The molecule has 2 aromatic carbocycles. The lowest BCUT2D eigenvalue weighted by atomic mass is 9.68. The van der Waals surface area contributed by atoms with E-state index >= 15 is 0 Å². The van der Waals surface area contributed by atoms with Crippen LogP contribution in [0.25, 0.3) is 0 Å². The van der Waals surface area contributed by atoms with Gasteiger partial charge in [-0.15, -0.1) is 0 Å². The van der Waals surface area contributed by atoms with E-state index in [0.29, 0.717) is 114 Å². The Balaban J connectivity index is 0.000000192. The summed E-state index contributed by atoms with van der Waals surface area (Å²) in [7, 11) is 10.4. The Morgan fingerprint density at radius 2 is 1.26 bits per heavy atom. The number of esters is 2. The van der Waals surface area contributed by atoms with Gasteiger partial charge in [-0.2, -0.15) is 24.8 Å². The number of Topliss-reactive ketones (excluding diaryl/α,β-unsaturated/α-hetero) is 1. The van der Waals surface area contributed by atoms with Gasteiger partial charge in [-0.05, 0) is 128 Å². The van der Waals surface area contributed by atoms with Crippen molar-refractivity contribution < 1.29 is 66.4 Å². The molecule has 3 saturated heterocycles. The molecule has 27 nitrogen and oxygen atoms in total. The Morgan fingerprint density at radius 3 is 1.81 bits per heavy atom. The SMILES string of the molecule is CCOC(=O)c1cn(C)nc1Br.CCOC(=O)c1cn(C)nc1N1CC(OC)C1.COC1CN(c2nn(C)cc2C(=O)C[S@@]2(=O)=NC(=O)c3ccc4c(c3)N(C[C@@H]3CC[C@H]3[C@@H](OC)/C=C/C[C@H](C)C2)C[C@@]2(CCCc3cc(Cl)ccc32)CO4)C1.COC1CN(c2nn(C)cc2C(=O)O)C1. The number of anilines is 4. The normalized spacial score (nSPS) is 23.2. The van der Waals surface area contributed by atoms with E-state index < -0.39 is 21.6 Å². The van der Waals surface area contributed by atoms with Gasteiger partial charge in [-0.25, -0.2) is 18.6 Å². The molecular formula is C69H91BrClN13O14S. The predicted octanol–water partition coefficient (Wildman–Crippen LogP) is 8.25. The fraction of sp³-hybridized carbons (Fsp3) is 0.551. The number of amides is 1. The van der Waals surface area contributed by atoms with Crippen molar-refractivity contribution in [3.8, 4) is 5.75 Å². The van der Waals surface area contributed by atoms with Gasteiger partial charge in [0.05, 0.1) is 71.0 Å². The molecule has 1 spiro atoms. The smallest absolute Gasteiger partial charge is 0.343 e. The van der Waals surface area contributed by atoms with Crippen LogP contribution < -0.4 is 24.3 Å². The second-order valence-electron chi connectivity index (χ2n) is 26.3. The van der Waals surface area contributed by atoms with Crippen LogP contribution in [0.1, 0.15) is 116 Å². The minimum Gasteiger partial charge on any atom is -0.490 e. The van der Waals surface area contributed by atoms with Gasteiger partial charge in [0, 0.05) is 156 Å². The monoisotopic (exact) mass is 1470 g/mol. The first-order valence-corrected chi connectivity index (χ1v) is 36.4. The minimum atomic E-state index is -3.35. The van der Waals surface area contributed by atoms with Crippen LogP contribution in [-0.2, 0) is 78.2 Å². The summed E-state index contributed by atoms with van der Waals surface area (Å²) in [6.07, 6.45) is 16.9. The molecule has 0 radical (unpaired) electrons. The Labute approximate surface area is 591 Å². The van der Waals surface area contributed by atoms with Crippen molar-refractivity contribution in [1.29, 1.82) is 0 Å². The van der Waals surface area contributed by atoms with Gasteiger partial charge in [-0.3, -0.25) is 28.3 Å². The number of halogens is 2. The van der Waals surface area contributed by atoms with Crippen LogP contribution in [0.2, 0.25) is 5.02 Å². The van der Waals surface area contributed by atoms with Gasteiger partial charge in [-0.1, -0.05) is 36.7 Å². The molecule has 30 heteroatoms. The molecule has 7 aliphatic rings. The second-order valence-corrected chi connectivity index (χ2v) is 29.9. The number of ether oxygens (including phenoxy) is 7.